The van der Waals surface area contributed by atoms with Gasteiger partial charge in [-0.25, -0.2) is 4.98 Å². The highest BCUT2D eigenvalue weighted by molar-refractivity contribution is 7.09. The number of benzene rings is 1. The number of nitrogens with zero attached hydrogens (tertiary/aromatic N) is 3. The first kappa shape index (κ1) is 21.6. The fourth-order valence-corrected chi connectivity index (χ4v) is 4.08. The first-order valence-corrected chi connectivity index (χ1v) is 11.4. The lowest BCUT2D eigenvalue weighted by atomic mass is 10.1. The molecule has 1 amide bonds. The Kier molecular flexibility index (Phi) is 7.89. The van der Waals surface area contributed by atoms with Crippen molar-refractivity contribution in [2.75, 3.05) is 39.4 Å². The lowest BCUT2D eigenvalue weighted by Crippen LogP contribution is -2.48. The molecule has 1 aliphatic rings. The van der Waals surface area contributed by atoms with E-state index in [1.807, 2.05) is 30.0 Å². The van der Waals surface area contributed by atoms with Gasteiger partial charge in [-0.15, -0.1) is 11.3 Å². The number of rotatable bonds is 9. The van der Waals surface area contributed by atoms with Crippen LogP contribution in [0.4, 0.5) is 0 Å². The molecule has 2 heterocycles. The molecule has 0 N–H and O–H groups in total. The topological polar surface area (TPSA) is 54.9 Å². The Morgan fingerprint density at radius 3 is 2.55 bits per heavy atom. The average Bonchev–Trinajstić information content (AvgIpc) is 3.20. The highest BCUT2D eigenvalue weighted by atomic mass is 32.1. The molecule has 3 rings (SSSR count). The van der Waals surface area contributed by atoms with Crippen molar-refractivity contribution < 1.29 is 14.3 Å². The largest absolute Gasteiger partial charge is 0.490 e. The van der Waals surface area contributed by atoms with Gasteiger partial charge in [0.05, 0.1) is 23.9 Å². The van der Waals surface area contributed by atoms with Crippen LogP contribution in [0.25, 0.3) is 0 Å². The van der Waals surface area contributed by atoms with Gasteiger partial charge in [0, 0.05) is 43.7 Å². The van der Waals surface area contributed by atoms with Gasteiger partial charge in [-0.1, -0.05) is 13.8 Å². The molecule has 0 unspecified atom stereocenters. The molecule has 2 aromatic rings. The van der Waals surface area contributed by atoms with E-state index in [-0.39, 0.29) is 5.91 Å². The number of thiazole rings is 1. The molecule has 7 heteroatoms. The molecule has 0 atom stereocenters. The average molecular weight is 418 g/mol. The molecule has 29 heavy (non-hydrogen) atoms. The molecule has 158 valence electrons. The number of ether oxygens (including phenoxy) is 2. The minimum Gasteiger partial charge on any atom is -0.490 e. The van der Waals surface area contributed by atoms with Gasteiger partial charge in [-0.3, -0.25) is 9.69 Å². The monoisotopic (exact) mass is 417 g/mol. The number of hydrogen-bond acceptors (Lipinski definition) is 6. The molecule has 6 nitrogen and oxygen atoms in total. The second-order valence-electron chi connectivity index (χ2n) is 7.10. The van der Waals surface area contributed by atoms with Crippen molar-refractivity contribution in [1.29, 1.82) is 0 Å². The summed E-state index contributed by atoms with van der Waals surface area (Å²) in [6.45, 7) is 11.3. The fraction of sp³-hybridized carbons (Fsp3) is 0.545. The van der Waals surface area contributed by atoms with Crippen molar-refractivity contribution in [2.45, 2.75) is 40.2 Å². The maximum Gasteiger partial charge on any atom is 0.254 e. The van der Waals surface area contributed by atoms with E-state index in [0.717, 1.165) is 51.3 Å². The van der Waals surface area contributed by atoms with Gasteiger partial charge in [0.2, 0.25) is 0 Å². The molecule has 0 bridgehead atoms. The van der Waals surface area contributed by atoms with Crippen LogP contribution in [-0.4, -0.2) is 60.1 Å². The number of aryl methyl sites for hydroxylation is 1. The molecule has 0 spiro atoms. The predicted octanol–water partition coefficient (Wildman–Crippen LogP) is 3.85. The van der Waals surface area contributed by atoms with Gasteiger partial charge >= 0.3 is 0 Å². The maximum absolute atomic E-state index is 13.0. The van der Waals surface area contributed by atoms with Crippen molar-refractivity contribution in [2.24, 2.45) is 0 Å². The predicted molar refractivity (Wildman–Crippen MR) is 116 cm³/mol. The number of hydrogen-bond donors (Lipinski definition) is 0. The second kappa shape index (κ2) is 10.6. The Labute approximate surface area is 177 Å². The third-order valence-electron chi connectivity index (χ3n) is 4.90. The highest BCUT2D eigenvalue weighted by Crippen LogP contribution is 2.29. The van der Waals surface area contributed by atoms with Crippen LogP contribution in [0.5, 0.6) is 11.5 Å². The van der Waals surface area contributed by atoms with Crippen LogP contribution in [0.15, 0.2) is 23.6 Å². The van der Waals surface area contributed by atoms with Crippen molar-refractivity contribution in [3.8, 4) is 11.5 Å². The van der Waals surface area contributed by atoms with Crippen LogP contribution < -0.4 is 9.47 Å². The zero-order valence-corrected chi connectivity index (χ0v) is 18.5. The van der Waals surface area contributed by atoms with Gasteiger partial charge < -0.3 is 14.4 Å². The number of piperazine rings is 1. The molecule has 0 saturated carbocycles. The van der Waals surface area contributed by atoms with Gasteiger partial charge in [0.25, 0.3) is 5.91 Å². The van der Waals surface area contributed by atoms with Gasteiger partial charge in [-0.05, 0) is 38.0 Å². The summed E-state index contributed by atoms with van der Waals surface area (Å²) >= 11 is 1.73. The van der Waals surface area contributed by atoms with Crippen LogP contribution in [0.3, 0.4) is 0 Å². The van der Waals surface area contributed by atoms with E-state index in [1.54, 1.807) is 11.3 Å². The SMILES string of the molecule is CCCOc1ccc(C(=O)N2CCN(Cc3csc(CC)n3)CC2)cc1OCC. The lowest BCUT2D eigenvalue weighted by Gasteiger charge is -2.34. The first-order valence-electron chi connectivity index (χ1n) is 10.5. The van der Waals surface area contributed by atoms with E-state index >= 15 is 0 Å². The molecule has 1 aromatic heterocycles. The summed E-state index contributed by atoms with van der Waals surface area (Å²) < 4.78 is 11.4. The summed E-state index contributed by atoms with van der Waals surface area (Å²) in [5.41, 5.74) is 1.79. The van der Waals surface area contributed by atoms with Crippen molar-refractivity contribution in [3.63, 3.8) is 0 Å². The van der Waals surface area contributed by atoms with E-state index < -0.39 is 0 Å². The summed E-state index contributed by atoms with van der Waals surface area (Å²) in [6.07, 6.45) is 1.91. The summed E-state index contributed by atoms with van der Waals surface area (Å²) in [6, 6.07) is 5.49. The molecule has 0 radical (unpaired) electrons. The molecule has 1 aromatic carbocycles. The van der Waals surface area contributed by atoms with Crippen LogP contribution in [0.1, 0.15) is 48.3 Å². The van der Waals surface area contributed by atoms with E-state index in [4.69, 9.17) is 9.47 Å². The van der Waals surface area contributed by atoms with E-state index in [1.165, 1.54) is 5.01 Å². The van der Waals surface area contributed by atoms with Crippen LogP contribution in [0, 0.1) is 0 Å². The molecular formula is C22H31N3O3S. The smallest absolute Gasteiger partial charge is 0.254 e. The third-order valence-corrected chi connectivity index (χ3v) is 5.94. The van der Waals surface area contributed by atoms with Gasteiger partial charge in [0.15, 0.2) is 11.5 Å². The number of amides is 1. The van der Waals surface area contributed by atoms with E-state index in [9.17, 15) is 4.79 Å². The molecule has 1 fully saturated rings. The summed E-state index contributed by atoms with van der Waals surface area (Å²) in [5, 5.41) is 3.33. The zero-order valence-electron chi connectivity index (χ0n) is 17.6. The van der Waals surface area contributed by atoms with Crippen LogP contribution in [-0.2, 0) is 13.0 Å². The maximum atomic E-state index is 13.0. The Morgan fingerprint density at radius 1 is 1.10 bits per heavy atom. The third kappa shape index (κ3) is 5.70. The van der Waals surface area contributed by atoms with Gasteiger partial charge in [0.1, 0.15) is 0 Å². The summed E-state index contributed by atoms with van der Waals surface area (Å²) in [7, 11) is 0. The normalized spacial score (nSPS) is 14.8. The summed E-state index contributed by atoms with van der Waals surface area (Å²) in [4.78, 5) is 21.9. The molecular weight excluding hydrogens is 386 g/mol. The number of aromatic nitrogens is 1. The van der Waals surface area contributed by atoms with Crippen LogP contribution in [0.2, 0.25) is 0 Å². The second-order valence-corrected chi connectivity index (χ2v) is 8.04. The summed E-state index contributed by atoms with van der Waals surface area (Å²) in [5.74, 6) is 1.39. The Morgan fingerprint density at radius 2 is 1.90 bits per heavy atom. The number of carbonyl (C=O) groups excluding carboxylic acids is 1. The zero-order chi connectivity index (χ0) is 20.6. The minimum atomic E-state index is 0.0505. The Balaban J connectivity index is 1.58. The van der Waals surface area contributed by atoms with Gasteiger partial charge in [-0.2, -0.15) is 0 Å². The highest BCUT2D eigenvalue weighted by Gasteiger charge is 2.23. The van der Waals surface area contributed by atoms with E-state index in [2.05, 4.69) is 29.1 Å². The fourth-order valence-electron chi connectivity index (χ4n) is 3.35. The van der Waals surface area contributed by atoms with E-state index in [0.29, 0.717) is 30.3 Å². The van der Waals surface area contributed by atoms with Crippen molar-refractivity contribution in [1.82, 2.24) is 14.8 Å². The quantitative estimate of drug-likeness (QED) is 0.620. The minimum absolute atomic E-state index is 0.0505. The van der Waals surface area contributed by atoms with Crippen LogP contribution >= 0.6 is 11.3 Å². The molecule has 1 aliphatic heterocycles. The van der Waals surface area contributed by atoms with Crippen molar-refractivity contribution in [3.05, 3.63) is 39.8 Å². The molecule has 0 aliphatic carbocycles. The first-order chi connectivity index (χ1) is 14.1. The standard InChI is InChI=1S/C22H31N3O3S/c1-4-13-28-19-8-7-17(14-20(19)27-6-3)22(26)25-11-9-24(10-12-25)15-18-16-29-21(5-2)23-18/h7-8,14,16H,4-6,9-13,15H2,1-3H3. The molecule has 1 saturated heterocycles. The lowest BCUT2D eigenvalue weighted by molar-refractivity contribution is 0.0626. The Hall–Kier alpha value is -2.12. The number of carbonyl (C=O) groups is 1. The van der Waals surface area contributed by atoms with Crippen molar-refractivity contribution >= 4 is 17.2 Å². The Bertz CT molecular complexity index is 800.